The molecule has 0 amide bonds. The van der Waals surface area contributed by atoms with Crippen LogP contribution in [0, 0.1) is 0 Å². The van der Waals surface area contributed by atoms with Gasteiger partial charge in [0.25, 0.3) is 0 Å². The van der Waals surface area contributed by atoms with Crippen LogP contribution in [0.2, 0.25) is 0 Å². The van der Waals surface area contributed by atoms with E-state index in [1.54, 1.807) is 98.1 Å². The molecule has 8 bridgehead atoms. The first kappa shape index (κ1) is 41.1. The number of pyridine rings is 4. The van der Waals surface area contributed by atoms with Gasteiger partial charge < -0.3 is 48.9 Å². The van der Waals surface area contributed by atoms with Crippen LogP contribution in [0.15, 0.2) is 171 Å². The first-order valence-electron chi connectivity index (χ1n) is 21.2. The molecule has 69 heavy (non-hydrogen) atoms. The molecule has 0 N–H and O–H groups in total. The monoisotopic (exact) mass is 948 g/mol. The van der Waals surface area contributed by atoms with Crippen LogP contribution in [0.4, 0.5) is 0 Å². The van der Waals surface area contributed by atoms with E-state index in [9.17, 15) is 0 Å². The number of hydrogen-bond donors (Lipinski definition) is 0. The second-order valence-electron chi connectivity index (χ2n) is 15.5. The van der Waals surface area contributed by atoms with Crippen molar-refractivity contribution in [1.29, 1.82) is 0 Å². The normalized spacial score (nSPS) is 11.4. The fourth-order valence-electron chi connectivity index (χ4n) is 8.00. The second-order valence-corrected chi connectivity index (χ2v) is 15.5. The standard InChI is InChI=1S/C52H28N12O4.Zn/c1-5-37-41(25-33(1)65-29-9-17-53-18-10-29)49-57-45(37)61-50-42-26-34(66-30-11-19-54-20-12-30)2-6-38(42)47(58-50)63-52-44-28-36(68-32-15-23-56-24-16-32)4-8-40(44)48(60-52)64-51-43-27-35(67-31-13-21-55-22-14-31)3-7-39(43)46(59-51)62-49;/h1-28H;/q-2;+2. The number of rotatable bonds is 8. The molecule has 0 saturated heterocycles. The van der Waals surface area contributed by atoms with Crippen molar-refractivity contribution < 1.29 is 38.4 Å². The minimum Gasteiger partial charge on any atom is -0.457 e. The van der Waals surface area contributed by atoms with Gasteiger partial charge in [-0.15, -0.1) is 0 Å². The Bertz CT molecular complexity index is 3680. The average Bonchev–Trinajstić information content (AvgIpc) is 4.10. The third-order valence-corrected chi connectivity index (χ3v) is 11.1. The number of fused-ring (bicyclic) bond motifs is 20. The largest absolute Gasteiger partial charge is 2.00 e. The molecule has 0 radical (unpaired) electrons. The number of aromatic nitrogens is 12. The summed E-state index contributed by atoms with van der Waals surface area (Å²) in [6, 6.07) is 36.9. The fraction of sp³-hybridized carbons (Fsp3) is 0. The smallest absolute Gasteiger partial charge is 0.457 e. The number of benzene rings is 4. The van der Waals surface area contributed by atoms with Crippen molar-refractivity contribution in [3.8, 4) is 91.5 Å². The van der Waals surface area contributed by atoms with Gasteiger partial charge in [0.15, 0.2) is 0 Å². The van der Waals surface area contributed by atoms with Gasteiger partial charge in [-0.1, -0.05) is 0 Å². The Balaban J connectivity index is 0.00000492. The zero-order valence-electron chi connectivity index (χ0n) is 35.9. The molecule has 0 atom stereocenters. The summed E-state index contributed by atoms with van der Waals surface area (Å²) in [5.74, 6) is 6.20. The van der Waals surface area contributed by atoms with Gasteiger partial charge in [0, 0.05) is 94.4 Å². The van der Waals surface area contributed by atoms with Gasteiger partial charge in [0.1, 0.15) is 46.0 Å². The molecule has 0 spiro atoms. The van der Waals surface area contributed by atoms with Crippen LogP contribution in [0.25, 0.3) is 89.7 Å². The Morgan fingerprint density at radius 3 is 0.899 bits per heavy atom. The zero-order chi connectivity index (χ0) is 45.0. The molecular weight excluding hydrogens is 922 g/mol. The van der Waals surface area contributed by atoms with Crippen molar-refractivity contribution in [1.82, 2.24) is 59.8 Å². The van der Waals surface area contributed by atoms with Crippen LogP contribution < -0.4 is 28.9 Å². The Hall–Kier alpha value is -9.34. The third-order valence-electron chi connectivity index (χ3n) is 11.1. The number of hydrogen-bond acceptors (Lipinski definition) is 14. The summed E-state index contributed by atoms with van der Waals surface area (Å²) in [4.78, 5) is 57.5. The predicted molar refractivity (Wildman–Crippen MR) is 251 cm³/mol. The molecule has 17 heteroatoms. The second kappa shape index (κ2) is 17.1. The Morgan fingerprint density at radius 2 is 0.551 bits per heavy atom. The average molecular weight is 950 g/mol. The summed E-state index contributed by atoms with van der Waals surface area (Å²) >= 11 is 0. The van der Waals surface area contributed by atoms with E-state index in [0.717, 1.165) is 0 Å². The van der Waals surface area contributed by atoms with Crippen LogP contribution in [-0.4, -0.2) is 49.8 Å². The van der Waals surface area contributed by atoms with E-state index in [0.29, 0.717) is 136 Å². The van der Waals surface area contributed by atoms with Crippen molar-refractivity contribution in [2.75, 3.05) is 0 Å². The summed E-state index contributed by atoms with van der Waals surface area (Å²) in [5.41, 5.74) is 4.22. The van der Waals surface area contributed by atoms with E-state index in [1.165, 1.54) is 0 Å². The Morgan fingerprint density at radius 1 is 0.261 bits per heavy atom. The van der Waals surface area contributed by atoms with Crippen molar-refractivity contribution >= 4 is 44.1 Å². The molecule has 2 aliphatic rings. The van der Waals surface area contributed by atoms with Gasteiger partial charge in [-0.3, -0.25) is 19.9 Å². The number of nitrogens with zero attached hydrogens (tertiary/aromatic N) is 12. The molecule has 7 aromatic heterocycles. The quantitative estimate of drug-likeness (QED) is 0.130. The molecule has 0 saturated carbocycles. The first-order valence-corrected chi connectivity index (χ1v) is 21.2. The van der Waals surface area contributed by atoms with Gasteiger partial charge in [-0.25, -0.2) is 9.97 Å². The van der Waals surface area contributed by atoms with Gasteiger partial charge in [-0.05, 0) is 143 Å². The fourth-order valence-corrected chi connectivity index (χ4v) is 8.00. The Kier molecular flexibility index (Phi) is 10.2. The molecule has 16 nitrogen and oxygen atoms in total. The van der Waals surface area contributed by atoms with Gasteiger partial charge in [-0.2, -0.15) is 0 Å². The maximum atomic E-state index is 6.27. The SMILES string of the molecule is [Zn+2].c1cc(Oc2ccc3c(c2)-c2nc-3nc3[n-]c(nc4nc(nc5[n-]c(n2)c2ccc(Oc6ccncc6)cc52)-c2ccc(Oc5ccncc5)cc2-4)c2ccc(Oc4ccncc4)cc32)ccn1. The predicted octanol–water partition coefficient (Wildman–Crippen LogP) is 10.9. The summed E-state index contributed by atoms with van der Waals surface area (Å²) in [5, 5.41) is 2.76. The molecule has 4 aromatic carbocycles. The maximum Gasteiger partial charge on any atom is 2.00 e. The van der Waals surface area contributed by atoms with Crippen LogP contribution in [-0.2, 0) is 19.5 Å². The first-order chi connectivity index (χ1) is 33.6. The molecule has 0 aliphatic carbocycles. The van der Waals surface area contributed by atoms with E-state index in [-0.39, 0.29) is 19.5 Å². The van der Waals surface area contributed by atoms with Gasteiger partial charge >= 0.3 is 19.5 Å². The zero-order valence-corrected chi connectivity index (χ0v) is 38.8. The maximum absolute atomic E-state index is 6.27. The number of ether oxygens (including phenoxy) is 4. The van der Waals surface area contributed by atoms with Crippen molar-refractivity contribution in [3.63, 3.8) is 0 Å². The van der Waals surface area contributed by atoms with Gasteiger partial charge in [0.2, 0.25) is 0 Å². The molecule has 0 unspecified atom stereocenters. The van der Waals surface area contributed by atoms with E-state index < -0.39 is 0 Å². The van der Waals surface area contributed by atoms with Crippen molar-refractivity contribution in [3.05, 3.63) is 171 Å². The van der Waals surface area contributed by atoms with Crippen LogP contribution >= 0.6 is 0 Å². The van der Waals surface area contributed by atoms with Crippen LogP contribution in [0.1, 0.15) is 0 Å². The summed E-state index contributed by atoms with van der Waals surface area (Å²) < 4.78 is 25.1. The minimum atomic E-state index is 0. The molecule has 0 fully saturated rings. The molecule has 9 heterocycles. The van der Waals surface area contributed by atoms with E-state index >= 15 is 0 Å². The molecule has 11 aromatic rings. The summed E-state index contributed by atoms with van der Waals surface area (Å²) in [6.45, 7) is 0. The molecule has 2 aliphatic heterocycles. The van der Waals surface area contributed by atoms with Gasteiger partial charge in [0.05, 0.1) is 23.3 Å². The van der Waals surface area contributed by atoms with E-state index in [2.05, 4.69) is 19.9 Å². The summed E-state index contributed by atoms with van der Waals surface area (Å²) in [6.07, 6.45) is 13.4. The summed E-state index contributed by atoms with van der Waals surface area (Å²) in [7, 11) is 0. The van der Waals surface area contributed by atoms with Crippen molar-refractivity contribution in [2.24, 2.45) is 0 Å². The third kappa shape index (κ3) is 7.87. The molecular formula is C52H28N12O4Zn. The minimum absolute atomic E-state index is 0. The van der Waals surface area contributed by atoms with E-state index in [1.807, 2.05) is 72.8 Å². The van der Waals surface area contributed by atoms with Crippen molar-refractivity contribution in [2.45, 2.75) is 0 Å². The molecule has 322 valence electrons. The molecule has 13 rings (SSSR count). The topological polar surface area (TPSA) is 194 Å². The van der Waals surface area contributed by atoms with Crippen LogP contribution in [0.5, 0.6) is 46.0 Å². The Labute approximate surface area is 403 Å². The van der Waals surface area contributed by atoms with E-state index in [4.69, 9.17) is 58.8 Å². The van der Waals surface area contributed by atoms with Crippen LogP contribution in [0.3, 0.4) is 0 Å².